The van der Waals surface area contributed by atoms with Gasteiger partial charge in [0.15, 0.2) is 17.3 Å². The predicted octanol–water partition coefficient (Wildman–Crippen LogP) is 3.86. The molecule has 0 radical (unpaired) electrons. The van der Waals surface area contributed by atoms with Crippen molar-refractivity contribution < 1.29 is 28.5 Å². The summed E-state index contributed by atoms with van der Waals surface area (Å²) in [6.45, 7) is 1.96. The zero-order valence-corrected chi connectivity index (χ0v) is 20.6. The van der Waals surface area contributed by atoms with Crippen molar-refractivity contribution in [2.75, 3.05) is 20.8 Å². The Kier molecular flexibility index (Phi) is 7.77. The Hall–Kier alpha value is -3.30. The van der Waals surface area contributed by atoms with Crippen LogP contribution < -0.4 is 20.3 Å². The van der Waals surface area contributed by atoms with Crippen molar-refractivity contribution in [2.24, 2.45) is 10.9 Å². The molecule has 0 unspecified atom stereocenters. The molecule has 1 saturated carbocycles. The number of nitrogens with one attached hydrogen (secondary N) is 2. The second-order valence-corrected chi connectivity index (χ2v) is 8.62. The van der Waals surface area contributed by atoms with Crippen LogP contribution in [0.5, 0.6) is 11.5 Å². The molecule has 2 aliphatic rings. The molecule has 10 heteroatoms. The number of rotatable bonds is 7. The molecule has 4 rings (SSSR count). The fourth-order valence-corrected chi connectivity index (χ4v) is 4.08. The Morgan fingerprint density at radius 2 is 1.94 bits per heavy atom. The Morgan fingerprint density at radius 1 is 1.14 bits per heavy atom. The van der Waals surface area contributed by atoms with Gasteiger partial charge in [0.1, 0.15) is 12.2 Å². The molecule has 1 aliphatic heterocycles. The smallest absolute Gasteiger partial charge is 0.308 e. The highest BCUT2D eigenvalue weighted by molar-refractivity contribution is 6.30. The van der Waals surface area contributed by atoms with E-state index in [0.717, 1.165) is 12.8 Å². The molecule has 35 heavy (non-hydrogen) atoms. The van der Waals surface area contributed by atoms with E-state index < -0.39 is 18.2 Å². The highest BCUT2D eigenvalue weighted by Gasteiger charge is 2.35. The molecule has 0 aromatic heterocycles. The summed E-state index contributed by atoms with van der Waals surface area (Å²) in [6, 6.07) is 10.7. The summed E-state index contributed by atoms with van der Waals surface area (Å²) >= 11 is 6.35. The number of carbonyl (C=O) groups excluding carboxylic acids is 2. The van der Waals surface area contributed by atoms with E-state index in [2.05, 4.69) is 10.9 Å². The summed E-state index contributed by atoms with van der Waals surface area (Å²) in [7, 11) is 3.10. The van der Waals surface area contributed by atoms with Crippen molar-refractivity contribution in [1.82, 2.24) is 10.9 Å². The number of amidine groups is 1. The first kappa shape index (κ1) is 24.8. The van der Waals surface area contributed by atoms with Crippen LogP contribution >= 0.6 is 11.6 Å². The van der Waals surface area contributed by atoms with Crippen molar-refractivity contribution in [3.8, 4) is 11.5 Å². The van der Waals surface area contributed by atoms with Crippen LogP contribution in [0.4, 0.5) is 5.69 Å². The number of nitrogens with zero attached hydrogens (tertiary/aromatic N) is 1. The summed E-state index contributed by atoms with van der Waals surface area (Å²) in [4.78, 5) is 29.5. The van der Waals surface area contributed by atoms with Gasteiger partial charge in [-0.15, -0.1) is 0 Å². The van der Waals surface area contributed by atoms with Crippen LogP contribution in [0.2, 0.25) is 5.02 Å². The molecule has 1 aliphatic carbocycles. The van der Waals surface area contributed by atoms with Crippen molar-refractivity contribution in [3.63, 3.8) is 0 Å². The second-order valence-electron chi connectivity index (χ2n) is 8.19. The summed E-state index contributed by atoms with van der Waals surface area (Å²) in [5.74, 6) is 0.687. The van der Waals surface area contributed by atoms with Crippen LogP contribution in [0.1, 0.15) is 43.4 Å². The lowest BCUT2D eigenvalue weighted by Crippen LogP contribution is -2.48. The van der Waals surface area contributed by atoms with Crippen molar-refractivity contribution >= 4 is 35.0 Å². The molecule has 0 spiro atoms. The standard InChI is InChI=1S/C25H28ClN3O6/c1-4-34-21(30)13-20-24(28-29-25(31)14-8-9-14)27-18-11-10-15(26)12-17(18)22(35-20)16-6-5-7-19(32-2)23(16)33-3/h5-7,10-12,14,20,22H,4,8-9,13H2,1-3H3,(H,27,28)(H,29,31)/t20-,22-/m0/s1. The first-order chi connectivity index (χ1) is 16.9. The van der Waals surface area contributed by atoms with Crippen LogP contribution in [0.15, 0.2) is 41.4 Å². The number of amides is 1. The summed E-state index contributed by atoms with van der Waals surface area (Å²) in [5.41, 5.74) is 7.49. The minimum absolute atomic E-state index is 0.0156. The maximum Gasteiger partial charge on any atom is 0.308 e. The van der Waals surface area contributed by atoms with Crippen LogP contribution in [-0.4, -0.2) is 44.6 Å². The highest BCUT2D eigenvalue weighted by Crippen LogP contribution is 2.44. The zero-order chi connectivity index (χ0) is 24.9. The fourth-order valence-electron chi connectivity index (χ4n) is 3.90. The van der Waals surface area contributed by atoms with Gasteiger partial charge in [0.05, 0.1) is 32.9 Å². The number of halogens is 1. The summed E-state index contributed by atoms with van der Waals surface area (Å²) in [5, 5.41) is 0.495. The predicted molar refractivity (Wildman–Crippen MR) is 130 cm³/mol. The maximum absolute atomic E-state index is 12.5. The van der Waals surface area contributed by atoms with Crippen LogP contribution in [-0.2, 0) is 19.1 Å². The number of aliphatic imine (C=N–C) groups is 1. The first-order valence-electron chi connectivity index (χ1n) is 11.4. The molecule has 1 fully saturated rings. The largest absolute Gasteiger partial charge is 0.493 e. The number of ether oxygens (including phenoxy) is 4. The second kappa shape index (κ2) is 11.0. The molecule has 1 amide bonds. The third-order valence-corrected chi connectivity index (χ3v) is 5.99. The van der Waals surface area contributed by atoms with Crippen LogP contribution in [0, 0.1) is 5.92 Å². The van der Waals surface area contributed by atoms with E-state index in [1.165, 1.54) is 0 Å². The van der Waals surface area contributed by atoms with Gasteiger partial charge < -0.3 is 18.9 Å². The van der Waals surface area contributed by atoms with Crippen molar-refractivity contribution in [2.45, 2.75) is 38.4 Å². The monoisotopic (exact) mass is 501 g/mol. The van der Waals surface area contributed by atoms with Crippen molar-refractivity contribution in [1.29, 1.82) is 0 Å². The number of para-hydroxylation sites is 1. The van der Waals surface area contributed by atoms with Gasteiger partial charge in [-0.3, -0.25) is 20.4 Å². The third kappa shape index (κ3) is 5.68. The lowest BCUT2D eigenvalue weighted by Gasteiger charge is -2.26. The molecule has 2 aromatic rings. The van der Waals surface area contributed by atoms with Gasteiger partial charge in [0, 0.05) is 22.1 Å². The summed E-state index contributed by atoms with van der Waals surface area (Å²) in [6.07, 6.45) is 0.00328. The molecular weight excluding hydrogens is 474 g/mol. The molecule has 2 aromatic carbocycles. The third-order valence-electron chi connectivity index (χ3n) is 5.75. The van der Waals surface area contributed by atoms with E-state index in [1.54, 1.807) is 45.4 Å². The molecule has 1 heterocycles. The summed E-state index contributed by atoms with van der Waals surface area (Å²) < 4.78 is 22.8. The number of hydrazine groups is 1. The number of hydrogen-bond acceptors (Lipinski definition) is 8. The number of esters is 1. The van der Waals surface area contributed by atoms with E-state index in [4.69, 9.17) is 35.5 Å². The number of methoxy groups -OCH3 is 2. The Labute approximate surface area is 208 Å². The molecule has 0 bridgehead atoms. The lowest BCUT2D eigenvalue weighted by atomic mass is 9.98. The SMILES string of the molecule is CCOC(=O)C[C@@H]1O[C@@H](c2cccc(OC)c2OC)c2cc(Cl)ccc2N=C1NNC(=O)C1CC1. The minimum atomic E-state index is -0.861. The molecule has 9 nitrogen and oxygen atoms in total. The van der Waals surface area contributed by atoms with E-state index in [0.29, 0.717) is 33.3 Å². The van der Waals surface area contributed by atoms with Gasteiger partial charge in [-0.05, 0) is 44.0 Å². The number of carbonyl (C=O) groups is 2. The van der Waals surface area contributed by atoms with Gasteiger partial charge in [0.2, 0.25) is 5.91 Å². The van der Waals surface area contributed by atoms with Gasteiger partial charge in [-0.25, -0.2) is 4.99 Å². The van der Waals surface area contributed by atoms with Crippen molar-refractivity contribution in [3.05, 3.63) is 52.5 Å². The number of hydrogen-bond donors (Lipinski definition) is 2. The quantitative estimate of drug-likeness (QED) is 0.438. The average molecular weight is 502 g/mol. The van der Waals surface area contributed by atoms with E-state index in [-0.39, 0.29) is 30.7 Å². The zero-order valence-electron chi connectivity index (χ0n) is 19.8. The number of fused-ring (bicyclic) bond motifs is 1. The Morgan fingerprint density at radius 3 is 2.63 bits per heavy atom. The highest BCUT2D eigenvalue weighted by atomic mass is 35.5. The Balaban J connectivity index is 1.77. The van der Waals surface area contributed by atoms with Gasteiger partial charge in [0.25, 0.3) is 0 Å². The fraction of sp³-hybridized carbons (Fsp3) is 0.400. The molecule has 2 N–H and O–H groups in total. The van der Waals surface area contributed by atoms with E-state index >= 15 is 0 Å². The molecule has 0 saturated heterocycles. The van der Waals surface area contributed by atoms with Gasteiger partial charge in [-0.2, -0.15) is 0 Å². The Bertz CT molecular complexity index is 1130. The van der Waals surface area contributed by atoms with Gasteiger partial charge >= 0.3 is 5.97 Å². The number of benzene rings is 2. The topological polar surface area (TPSA) is 107 Å². The molecular formula is C25H28ClN3O6. The van der Waals surface area contributed by atoms with Crippen LogP contribution in [0.25, 0.3) is 0 Å². The molecule has 186 valence electrons. The lowest BCUT2D eigenvalue weighted by molar-refractivity contribution is -0.145. The molecule has 2 atom stereocenters. The normalized spacial score (nSPS) is 19.0. The average Bonchev–Trinajstić information content (AvgIpc) is 3.71. The minimum Gasteiger partial charge on any atom is -0.493 e. The van der Waals surface area contributed by atoms with Crippen LogP contribution in [0.3, 0.4) is 0 Å². The van der Waals surface area contributed by atoms with E-state index in [9.17, 15) is 9.59 Å². The first-order valence-corrected chi connectivity index (χ1v) is 11.8. The van der Waals surface area contributed by atoms with Gasteiger partial charge in [-0.1, -0.05) is 23.7 Å². The van der Waals surface area contributed by atoms with E-state index in [1.807, 2.05) is 12.1 Å². The maximum atomic E-state index is 12.5.